The quantitative estimate of drug-likeness (QED) is 0.439. The second-order valence-corrected chi connectivity index (χ2v) is 5.38. The molecule has 0 aliphatic carbocycles. The second kappa shape index (κ2) is 8.21. The maximum absolute atomic E-state index is 11.8. The molecule has 0 saturated carbocycles. The Hall–Kier alpha value is -1.14. The fourth-order valence-corrected chi connectivity index (χ4v) is 1.91. The van der Waals surface area contributed by atoms with Crippen molar-refractivity contribution < 1.29 is 19.0 Å². The molecule has 1 rings (SSSR count). The van der Waals surface area contributed by atoms with Crippen LogP contribution in [0.2, 0.25) is 0 Å². The summed E-state index contributed by atoms with van der Waals surface area (Å²) in [5, 5.41) is 0. The summed E-state index contributed by atoms with van der Waals surface area (Å²) < 4.78 is 15.2. The average Bonchev–Trinajstić information content (AvgIpc) is 2.46. The molecule has 0 unspecified atom stereocenters. The van der Waals surface area contributed by atoms with Crippen LogP contribution < -0.4 is 0 Å². The van der Waals surface area contributed by atoms with E-state index in [2.05, 4.69) is 30.7 Å². The van der Waals surface area contributed by atoms with Gasteiger partial charge in [-0.05, 0) is 6.42 Å². The number of amidine groups is 1. The molecule has 116 valence electrons. The first-order chi connectivity index (χ1) is 9.51. The van der Waals surface area contributed by atoms with Crippen LogP contribution in [0.25, 0.3) is 0 Å². The summed E-state index contributed by atoms with van der Waals surface area (Å²) >= 11 is 0. The van der Waals surface area contributed by atoms with E-state index in [9.17, 15) is 4.79 Å². The van der Waals surface area contributed by atoms with Crippen molar-refractivity contribution in [3.63, 3.8) is 0 Å². The van der Waals surface area contributed by atoms with Gasteiger partial charge in [0.1, 0.15) is 12.4 Å². The van der Waals surface area contributed by atoms with E-state index in [-0.39, 0.29) is 12.0 Å². The number of carbonyl (C=O) groups is 1. The summed E-state index contributed by atoms with van der Waals surface area (Å²) in [5.74, 6) is 0.783. The first-order valence-electron chi connectivity index (χ1n) is 7.09. The van der Waals surface area contributed by atoms with Crippen molar-refractivity contribution in [1.29, 1.82) is 0 Å². The van der Waals surface area contributed by atoms with Crippen LogP contribution in [-0.2, 0) is 14.2 Å². The summed E-state index contributed by atoms with van der Waals surface area (Å²) in [4.78, 5) is 18.1. The van der Waals surface area contributed by atoms with Crippen molar-refractivity contribution in [2.24, 2.45) is 10.4 Å². The third kappa shape index (κ3) is 5.09. The molecule has 0 aromatic heterocycles. The smallest absolute Gasteiger partial charge is 0.435 e. The topological polar surface area (TPSA) is 60.4 Å². The van der Waals surface area contributed by atoms with Crippen LogP contribution in [0.3, 0.4) is 0 Å². The van der Waals surface area contributed by atoms with Crippen molar-refractivity contribution in [1.82, 2.24) is 4.90 Å². The number of hydrogen-bond acceptors (Lipinski definition) is 4. The van der Waals surface area contributed by atoms with Gasteiger partial charge in [-0.2, -0.15) is 4.99 Å². The Labute approximate surface area is 121 Å². The molecule has 0 N–H and O–H groups in total. The monoisotopic (exact) mass is 286 g/mol. The van der Waals surface area contributed by atoms with E-state index in [4.69, 9.17) is 14.2 Å². The molecule has 0 aromatic carbocycles. The lowest BCUT2D eigenvalue weighted by Crippen LogP contribution is -2.47. The van der Waals surface area contributed by atoms with E-state index < -0.39 is 6.09 Å². The van der Waals surface area contributed by atoms with Crippen molar-refractivity contribution in [2.75, 3.05) is 46.6 Å². The van der Waals surface area contributed by atoms with E-state index in [0.29, 0.717) is 19.8 Å². The molecule has 1 heterocycles. The number of ether oxygens (including phenoxy) is 3. The van der Waals surface area contributed by atoms with Crippen molar-refractivity contribution in [3.05, 3.63) is 0 Å². The lowest BCUT2D eigenvalue weighted by Gasteiger charge is -2.37. The van der Waals surface area contributed by atoms with Gasteiger partial charge < -0.3 is 19.1 Å². The average molecular weight is 286 g/mol. The van der Waals surface area contributed by atoms with Crippen molar-refractivity contribution in [3.8, 4) is 0 Å². The second-order valence-electron chi connectivity index (χ2n) is 5.38. The van der Waals surface area contributed by atoms with E-state index in [0.717, 1.165) is 25.3 Å². The standard InChI is InChI=1S/C14H26N2O4/c1-5-14(2,3)12(16-6-8-19-9-7-16)15-13(17)20-11-10-18-4/h5-11H2,1-4H3/b15-12-. The highest BCUT2D eigenvalue weighted by molar-refractivity contribution is 5.95. The van der Waals surface area contributed by atoms with E-state index in [1.54, 1.807) is 7.11 Å². The number of carbonyl (C=O) groups excluding carboxylic acids is 1. The first kappa shape index (κ1) is 16.9. The molecular weight excluding hydrogens is 260 g/mol. The SMILES string of the molecule is CCC(C)(C)/C(=N/C(=O)OCCOC)N1CCOCC1. The molecule has 1 fully saturated rings. The molecule has 0 bridgehead atoms. The lowest BCUT2D eigenvalue weighted by molar-refractivity contribution is 0.0634. The van der Waals surface area contributed by atoms with Crippen LogP contribution in [0, 0.1) is 5.41 Å². The molecule has 6 heteroatoms. The van der Waals surface area contributed by atoms with Gasteiger partial charge in [0.25, 0.3) is 0 Å². The summed E-state index contributed by atoms with van der Waals surface area (Å²) in [5.41, 5.74) is -0.169. The highest BCUT2D eigenvalue weighted by atomic mass is 16.6. The van der Waals surface area contributed by atoms with Gasteiger partial charge in [0.05, 0.1) is 19.8 Å². The Morgan fingerprint density at radius 2 is 1.95 bits per heavy atom. The fraction of sp³-hybridized carbons (Fsp3) is 0.857. The number of amides is 1. The predicted octanol–water partition coefficient (Wildman–Crippen LogP) is 1.94. The molecule has 1 aliphatic heterocycles. The van der Waals surface area contributed by atoms with Gasteiger partial charge in [0.2, 0.25) is 0 Å². The Bertz CT molecular complexity index is 336. The fourth-order valence-electron chi connectivity index (χ4n) is 1.91. The number of aliphatic imine (C=N–C) groups is 1. The van der Waals surface area contributed by atoms with Crippen LogP contribution >= 0.6 is 0 Å². The van der Waals surface area contributed by atoms with Crippen molar-refractivity contribution in [2.45, 2.75) is 27.2 Å². The number of nitrogens with zero attached hydrogens (tertiary/aromatic N) is 2. The molecule has 1 saturated heterocycles. The van der Waals surface area contributed by atoms with Gasteiger partial charge in [-0.3, -0.25) is 0 Å². The van der Waals surface area contributed by atoms with Gasteiger partial charge >= 0.3 is 6.09 Å². The molecule has 6 nitrogen and oxygen atoms in total. The lowest BCUT2D eigenvalue weighted by atomic mass is 9.87. The van der Waals surface area contributed by atoms with Gasteiger partial charge in [0, 0.05) is 25.6 Å². The first-order valence-corrected chi connectivity index (χ1v) is 7.09. The normalized spacial score (nSPS) is 17.2. The Morgan fingerprint density at radius 1 is 1.30 bits per heavy atom. The minimum atomic E-state index is -0.551. The predicted molar refractivity (Wildman–Crippen MR) is 77.1 cm³/mol. The van der Waals surface area contributed by atoms with Crippen LogP contribution in [-0.4, -0.2) is 63.5 Å². The maximum Gasteiger partial charge on any atom is 0.435 e. The van der Waals surface area contributed by atoms with Gasteiger partial charge in [-0.25, -0.2) is 4.79 Å². The van der Waals surface area contributed by atoms with E-state index in [1.165, 1.54) is 0 Å². The zero-order chi connectivity index (χ0) is 15.0. The Balaban J connectivity index is 2.78. The van der Waals surface area contributed by atoms with Gasteiger partial charge in [-0.1, -0.05) is 20.8 Å². The highest BCUT2D eigenvalue weighted by Gasteiger charge is 2.30. The largest absolute Gasteiger partial charge is 0.445 e. The third-order valence-corrected chi connectivity index (χ3v) is 3.51. The molecule has 1 aliphatic rings. The number of methoxy groups -OCH3 is 1. The third-order valence-electron chi connectivity index (χ3n) is 3.51. The summed E-state index contributed by atoms with van der Waals surface area (Å²) in [6.07, 6.45) is 0.346. The zero-order valence-electron chi connectivity index (χ0n) is 13.0. The molecule has 0 spiro atoms. The van der Waals surface area contributed by atoms with E-state index >= 15 is 0 Å². The molecule has 0 aromatic rings. The van der Waals surface area contributed by atoms with Gasteiger partial charge in [-0.15, -0.1) is 0 Å². The molecule has 20 heavy (non-hydrogen) atoms. The number of rotatable bonds is 5. The van der Waals surface area contributed by atoms with E-state index in [1.807, 2.05) is 0 Å². The van der Waals surface area contributed by atoms with Crippen LogP contribution in [0.5, 0.6) is 0 Å². The van der Waals surface area contributed by atoms with Gasteiger partial charge in [0.15, 0.2) is 0 Å². The molecular formula is C14H26N2O4. The summed E-state index contributed by atoms with van der Waals surface area (Å²) in [6, 6.07) is 0. The van der Waals surface area contributed by atoms with Crippen LogP contribution in [0.4, 0.5) is 4.79 Å². The Kier molecular flexibility index (Phi) is 6.95. The molecule has 0 atom stereocenters. The minimum Gasteiger partial charge on any atom is -0.445 e. The number of hydrogen-bond donors (Lipinski definition) is 0. The van der Waals surface area contributed by atoms with Crippen LogP contribution in [0.15, 0.2) is 4.99 Å². The maximum atomic E-state index is 11.8. The summed E-state index contributed by atoms with van der Waals surface area (Å²) in [6.45, 7) is 9.71. The Morgan fingerprint density at radius 3 is 2.50 bits per heavy atom. The molecule has 0 radical (unpaired) electrons. The zero-order valence-corrected chi connectivity index (χ0v) is 13.0. The highest BCUT2D eigenvalue weighted by Crippen LogP contribution is 2.25. The molecule has 1 amide bonds. The van der Waals surface area contributed by atoms with Crippen LogP contribution in [0.1, 0.15) is 27.2 Å². The number of morpholine rings is 1. The minimum absolute atomic E-state index is 0.169. The van der Waals surface area contributed by atoms with Crippen molar-refractivity contribution >= 4 is 11.9 Å². The summed E-state index contributed by atoms with van der Waals surface area (Å²) in [7, 11) is 1.57.